The molecule has 2 heterocycles. The van der Waals surface area contributed by atoms with E-state index in [1.165, 1.54) is 4.57 Å². The van der Waals surface area contributed by atoms with Gasteiger partial charge in [-0.2, -0.15) is 0 Å². The topological polar surface area (TPSA) is 129 Å². The molecule has 0 saturated heterocycles. The van der Waals surface area contributed by atoms with Crippen molar-refractivity contribution in [3.63, 3.8) is 0 Å². The van der Waals surface area contributed by atoms with Crippen molar-refractivity contribution >= 4 is 23.4 Å². The highest BCUT2D eigenvalue weighted by Crippen LogP contribution is 2.35. The van der Waals surface area contributed by atoms with Gasteiger partial charge in [0, 0.05) is 17.3 Å². The smallest absolute Gasteiger partial charge is 0.330 e. The largest absolute Gasteiger partial charge is 0.384 e. The molecule has 2 aromatic carbocycles. The number of rotatable bonds is 7. The minimum atomic E-state index is -0.769. The van der Waals surface area contributed by atoms with Crippen LogP contribution in [0, 0.1) is 6.92 Å². The summed E-state index contributed by atoms with van der Waals surface area (Å²) < 4.78 is 3.19. The second-order valence-electron chi connectivity index (χ2n) is 8.18. The first-order chi connectivity index (χ1) is 16.4. The molecule has 4 aromatic rings. The molecule has 0 aliphatic heterocycles. The highest BCUT2D eigenvalue weighted by Gasteiger charge is 2.30. The number of aromatic nitrogens is 5. The van der Waals surface area contributed by atoms with E-state index >= 15 is 0 Å². The number of benzene rings is 2. The molecule has 9 nitrogen and oxygen atoms in total. The maximum atomic E-state index is 13.0. The first kappa shape index (κ1) is 21.9. The number of carbonyl (C=O) groups is 1. The van der Waals surface area contributed by atoms with Gasteiger partial charge in [-0.05, 0) is 31.9 Å². The first-order valence-electron chi connectivity index (χ1n) is 10.8. The van der Waals surface area contributed by atoms with Crippen molar-refractivity contribution in [2.75, 3.05) is 11.5 Å². The number of ketones is 1. The predicted octanol–water partition coefficient (Wildman–Crippen LogP) is 2.98. The zero-order valence-corrected chi connectivity index (χ0v) is 19.2. The van der Waals surface area contributed by atoms with Gasteiger partial charge >= 0.3 is 5.69 Å². The molecule has 0 atom stereocenters. The van der Waals surface area contributed by atoms with Gasteiger partial charge in [0.2, 0.25) is 0 Å². The highest BCUT2D eigenvalue weighted by atomic mass is 32.2. The molecule has 3 N–H and O–H groups in total. The average molecular weight is 475 g/mol. The number of thioether (sulfide) groups is 1. The number of hydrogen-bond acceptors (Lipinski definition) is 7. The minimum Gasteiger partial charge on any atom is -0.384 e. The van der Waals surface area contributed by atoms with Crippen molar-refractivity contribution in [2.24, 2.45) is 0 Å². The summed E-state index contributed by atoms with van der Waals surface area (Å²) in [7, 11) is 0. The van der Waals surface area contributed by atoms with Crippen LogP contribution in [0.4, 0.5) is 5.82 Å². The Balaban J connectivity index is 1.49. The third-order valence-electron chi connectivity index (χ3n) is 5.66. The third kappa shape index (κ3) is 4.08. The van der Waals surface area contributed by atoms with Crippen LogP contribution in [-0.2, 0) is 0 Å². The van der Waals surface area contributed by atoms with Crippen LogP contribution in [0.25, 0.3) is 17.1 Å². The summed E-state index contributed by atoms with van der Waals surface area (Å²) in [5, 5.41) is 9.20. The molecule has 0 radical (unpaired) electrons. The molecule has 2 aromatic heterocycles. The fraction of sp³-hybridized carbons (Fsp3) is 0.208. The zero-order valence-electron chi connectivity index (χ0n) is 18.4. The Morgan fingerprint density at radius 1 is 1.09 bits per heavy atom. The highest BCUT2D eigenvalue weighted by molar-refractivity contribution is 7.99. The Morgan fingerprint density at radius 3 is 2.47 bits per heavy atom. The summed E-state index contributed by atoms with van der Waals surface area (Å²) in [6, 6.07) is 17.5. The number of nitrogens with one attached hydrogen (secondary N) is 1. The molecule has 1 saturated carbocycles. The number of hydrogen-bond donors (Lipinski definition) is 2. The van der Waals surface area contributed by atoms with Gasteiger partial charge < -0.3 is 5.73 Å². The van der Waals surface area contributed by atoms with E-state index in [2.05, 4.69) is 15.2 Å². The number of H-pyrrole nitrogens is 1. The second kappa shape index (κ2) is 8.79. The van der Waals surface area contributed by atoms with Crippen molar-refractivity contribution in [2.45, 2.75) is 31.0 Å². The minimum absolute atomic E-state index is 0.0679. The molecule has 1 aliphatic rings. The van der Waals surface area contributed by atoms with Gasteiger partial charge in [-0.1, -0.05) is 59.8 Å². The van der Waals surface area contributed by atoms with Crippen molar-refractivity contribution in [1.82, 2.24) is 24.3 Å². The van der Waals surface area contributed by atoms with E-state index in [0.717, 1.165) is 41.4 Å². The lowest BCUT2D eigenvalue weighted by atomic mass is 10.2. The number of aromatic amines is 1. The summed E-state index contributed by atoms with van der Waals surface area (Å²) in [6.45, 7) is 2.01. The molecule has 172 valence electrons. The lowest BCUT2D eigenvalue weighted by Gasteiger charge is -2.12. The summed E-state index contributed by atoms with van der Waals surface area (Å²) in [6.07, 6.45) is 1.58. The third-order valence-corrected chi connectivity index (χ3v) is 6.59. The van der Waals surface area contributed by atoms with Crippen LogP contribution in [0.5, 0.6) is 0 Å². The lowest BCUT2D eigenvalue weighted by molar-refractivity contribution is 0.102. The fourth-order valence-electron chi connectivity index (χ4n) is 3.80. The Morgan fingerprint density at radius 2 is 1.79 bits per heavy atom. The molecule has 1 fully saturated rings. The normalized spacial score (nSPS) is 13.2. The van der Waals surface area contributed by atoms with Gasteiger partial charge in [-0.15, -0.1) is 10.2 Å². The summed E-state index contributed by atoms with van der Waals surface area (Å²) in [5.74, 6) is -0.00156. The van der Waals surface area contributed by atoms with Gasteiger partial charge in [-0.3, -0.25) is 23.7 Å². The van der Waals surface area contributed by atoms with E-state index in [0.29, 0.717) is 11.0 Å². The predicted molar refractivity (Wildman–Crippen MR) is 131 cm³/mol. The molecule has 1 aliphatic carbocycles. The second-order valence-corrected chi connectivity index (χ2v) is 9.12. The van der Waals surface area contributed by atoms with E-state index < -0.39 is 17.0 Å². The number of anilines is 1. The number of nitrogen functional groups attached to an aromatic ring is 1. The van der Waals surface area contributed by atoms with Crippen LogP contribution in [-0.4, -0.2) is 35.9 Å². The molecule has 0 spiro atoms. The monoisotopic (exact) mass is 474 g/mol. The SMILES string of the molecule is Cc1ccc(-n2c(SCC(=O)c3c(N)n(C4CC4)c(=O)[nH]c3=O)nnc2-c2ccccc2)cc1. The molecule has 5 rings (SSSR count). The summed E-state index contributed by atoms with van der Waals surface area (Å²) in [4.78, 5) is 39.8. The van der Waals surface area contributed by atoms with Crippen molar-refractivity contribution in [3.8, 4) is 17.1 Å². The van der Waals surface area contributed by atoms with Crippen molar-refractivity contribution in [3.05, 3.63) is 86.6 Å². The van der Waals surface area contributed by atoms with E-state index in [1.54, 1.807) is 0 Å². The van der Waals surface area contributed by atoms with Crippen LogP contribution in [0.2, 0.25) is 0 Å². The average Bonchev–Trinajstić information content (AvgIpc) is 3.56. The zero-order chi connectivity index (χ0) is 23.8. The van der Waals surface area contributed by atoms with Crippen LogP contribution >= 0.6 is 11.8 Å². The Bertz CT molecular complexity index is 1480. The Labute approximate surface area is 198 Å². The summed E-state index contributed by atoms with van der Waals surface area (Å²) in [5.41, 5.74) is 7.39. The van der Waals surface area contributed by atoms with Gasteiger partial charge in [0.25, 0.3) is 5.56 Å². The number of nitrogens with zero attached hydrogens (tertiary/aromatic N) is 4. The lowest BCUT2D eigenvalue weighted by Crippen LogP contribution is -2.36. The van der Waals surface area contributed by atoms with Gasteiger partial charge in [0.15, 0.2) is 16.8 Å². The maximum absolute atomic E-state index is 13.0. The van der Waals surface area contributed by atoms with Gasteiger partial charge in [0.1, 0.15) is 11.4 Å². The summed E-state index contributed by atoms with van der Waals surface area (Å²) >= 11 is 1.16. The van der Waals surface area contributed by atoms with E-state index in [1.807, 2.05) is 66.1 Å². The molecule has 10 heteroatoms. The molecule has 0 bridgehead atoms. The molecule has 0 amide bonds. The van der Waals surface area contributed by atoms with Crippen molar-refractivity contribution in [1.29, 1.82) is 0 Å². The number of Topliss-reactive ketones (excluding diaryl/α,β-unsaturated/α-hetero) is 1. The van der Waals surface area contributed by atoms with E-state index in [9.17, 15) is 14.4 Å². The van der Waals surface area contributed by atoms with Crippen LogP contribution < -0.4 is 17.0 Å². The van der Waals surface area contributed by atoms with Gasteiger partial charge in [0.05, 0.1) is 5.75 Å². The molecule has 34 heavy (non-hydrogen) atoms. The Kier molecular flexibility index (Phi) is 5.66. The first-order valence-corrected chi connectivity index (χ1v) is 11.8. The van der Waals surface area contributed by atoms with Crippen LogP contribution in [0.3, 0.4) is 0 Å². The number of nitrogens with two attached hydrogens (primary N) is 1. The Hall–Kier alpha value is -3.92. The number of aryl methyl sites for hydroxylation is 1. The quantitative estimate of drug-likeness (QED) is 0.311. The fourth-order valence-corrected chi connectivity index (χ4v) is 4.62. The standard InChI is InChI=1S/C24H22N6O3S/c1-14-7-9-17(10-8-14)30-21(15-5-3-2-4-6-15)27-28-24(30)34-13-18(31)19-20(25)29(16-11-12-16)23(33)26-22(19)32/h2-10,16H,11-13,25H2,1H3,(H,26,32,33). The van der Waals surface area contributed by atoms with E-state index in [-0.39, 0.29) is 23.2 Å². The van der Waals surface area contributed by atoms with Crippen LogP contribution in [0.15, 0.2) is 69.3 Å². The molecular weight excluding hydrogens is 452 g/mol. The van der Waals surface area contributed by atoms with Gasteiger partial charge in [-0.25, -0.2) is 4.79 Å². The van der Waals surface area contributed by atoms with Crippen molar-refractivity contribution < 1.29 is 4.79 Å². The van der Waals surface area contributed by atoms with Crippen LogP contribution in [0.1, 0.15) is 34.8 Å². The maximum Gasteiger partial charge on any atom is 0.330 e. The molecule has 0 unspecified atom stereocenters. The number of carbonyl (C=O) groups excluding carboxylic acids is 1. The molecular formula is C24H22N6O3S. The van der Waals surface area contributed by atoms with E-state index in [4.69, 9.17) is 5.73 Å².